The number of rotatable bonds is 2. The smallest absolute Gasteiger partial charge is 0.134 e. The largest absolute Gasteiger partial charge is 0.295 e. The first-order valence-electron chi connectivity index (χ1n) is 9.49. The number of aromatic nitrogens is 2. The van der Waals surface area contributed by atoms with E-state index in [4.69, 9.17) is 4.98 Å². The molecule has 1 aliphatic carbocycles. The zero-order valence-corrected chi connectivity index (χ0v) is 15.4. The van der Waals surface area contributed by atoms with Crippen LogP contribution in [0.15, 0.2) is 104 Å². The molecule has 2 nitrogen and oxygen atoms in total. The van der Waals surface area contributed by atoms with Gasteiger partial charge in [0, 0.05) is 0 Å². The molecule has 1 aromatic heterocycles. The maximum Gasteiger partial charge on any atom is 0.134 e. The number of fused-ring (bicyclic) bond motifs is 9. The van der Waals surface area contributed by atoms with Gasteiger partial charge in [-0.3, -0.25) is 4.57 Å². The lowest BCUT2D eigenvalue weighted by atomic mass is 9.72. The number of para-hydroxylation sites is 3. The van der Waals surface area contributed by atoms with Crippen molar-refractivity contribution in [1.29, 1.82) is 0 Å². The molecule has 0 radical (unpaired) electrons. The molecule has 0 amide bonds. The van der Waals surface area contributed by atoms with Crippen molar-refractivity contribution in [2.75, 3.05) is 0 Å². The summed E-state index contributed by atoms with van der Waals surface area (Å²) in [5, 5.41) is 0. The standard InChI is InChI=1S/C26H18N2/c1-3-17-18-11-5-6-12-20(18)26(19(17)4-2)21-13-7-9-15-23(21)28-24-16-10-8-14-22(24)27-25(26)28/h3-16H,1-2H2. The molecular weight excluding hydrogens is 340 g/mol. The van der Waals surface area contributed by atoms with E-state index in [1.54, 1.807) is 0 Å². The van der Waals surface area contributed by atoms with Crippen LogP contribution in [0.1, 0.15) is 22.5 Å². The SMILES string of the molecule is C=CC1=C(C=C)C2(c3ccccc31)c1ccccc1-n1c2nc2ccccc21. The second kappa shape index (κ2) is 5.20. The van der Waals surface area contributed by atoms with E-state index in [2.05, 4.69) is 84.5 Å². The molecule has 2 heterocycles. The van der Waals surface area contributed by atoms with E-state index in [1.165, 1.54) is 22.4 Å². The van der Waals surface area contributed by atoms with Crippen molar-refractivity contribution in [3.8, 4) is 5.69 Å². The molecule has 2 heteroatoms. The minimum Gasteiger partial charge on any atom is -0.295 e. The molecular formula is C26H18N2. The maximum atomic E-state index is 5.16. The Morgan fingerprint density at radius 3 is 2.32 bits per heavy atom. The third kappa shape index (κ3) is 1.54. The van der Waals surface area contributed by atoms with Gasteiger partial charge < -0.3 is 0 Å². The molecule has 1 spiro atoms. The van der Waals surface area contributed by atoms with Gasteiger partial charge in [-0.25, -0.2) is 4.98 Å². The molecule has 1 unspecified atom stereocenters. The molecule has 132 valence electrons. The van der Waals surface area contributed by atoms with Gasteiger partial charge in [0.1, 0.15) is 11.2 Å². The molecule has 0 saturated heterocycles. The lowest BCUT2D eigenvalue weighted by Crippen LogP contribution is -2.27. The average Bonchev–Trinajstić information content (AvgIpc) is 3.36. The van der Waals surface area contributed by atoms with Crippen molar-refractivity contribution in [2.24, 2.45) is 0 Å². The first kappa shape index (κ1) is 15.4. The van der Waals surface area contributed by atoms with Crippen LogP contribution in [-0.4, -0.2) is 9.55 Å². The van der Waals surface area contributed by atoms with Crippen molar-refractivity contribution < 1.29 is 0 Å². The maximum absolute atomic E-state index is 5.16. The van der Waals surface area contributed by atoms with Crippen molar-refractivity contribution in [3.05, 3.63) is 126 Å². The highest BCUT2D eigenvalue weighted by Gasteiger charge is 2.54. The number of nitrogens with zero attached hydrogens (tertiary/aromatic N) is 2. The van der Waals surface area contributed by atoms with E-state index in [0.717, 1.165) is 28.0 Å². The second-order valence-electron chi connectivity index (χ2n) is 7.31. The molecule has 3 aromatic carbocycles. The monoisotopic (exact) mass is 358 g/mol. The highest BCUT2D eigenvalue weighted by molar-refractivity contribution is 5.94. The van der Waals surface area contributed by atoms with Gasteiger partial charge in [-0.1, -0.05) is 79.9 Å². The zero-order valence-electron chi connectivity index (χ0n) is 15.4. The second-order valence-corrected chi connectivity index (χ2v) is 7.31. The van der Waals surface area contributed by atoms with Crippen LogP contribution in [-0.2, 0) is 5.41 Å². The topological polar surface area (TPSA) is 17.8 Å². The normalized spacial score (nSPS) is 19.0. The van der Waals surface area contributed by atoms with Crippen molar-refractivity contribution >= 4 is 16.6 Å². The van der Waals surface area contributed by atoms with Crippen LogP contribution in [0.5, 0.6) is 0 Å². The van der Waals surface area contributed by atoms with Gasteiger partial charge in [-0.05, 0) is 46.0 Å². The van der Waals surface area contributed by atoms with Gasteiger partial charge in [0.15, 0.2) is 0 Å². The molecule has 1 aliphatic heterocycles. The first-order valence-corrected chi connectivity index (χ1v) is 9.49. The van der Waals surface area contributed by atoms with E-state index >= 15 is 0 Å². The summed E-state index contributed by atoms with van der Waals surface area (Å²) in [6.07, 6.45) is 3.95. The number of benzene rings is 3. The van der Waals surface area contributed by atoms with Crippen LogP contribution in [0, 0.1) is 0 Å². The van der Waals surface area contributed by atoms with Crippen molar-refractivity contribution in [1.82, 2.24) is 9.55 Å². The Morgan fingerprint density at radius 2 is 1.50 bits per heavy atom. The summed E-state index contributed by atoms with van der Waals surface area (Å²) in [5.74, 6) is 1.04. The molecule has 0 bridgehead atoms. The van der Waals surface area contributed by atoms with Gasteiger partial charge in [0.25, 0.3) is 0 Å². The third-order valence-electron chi connectivity index (χ3n) is 6.17. The lowest BCUT2D eigenvalue weighted by Gasteiger charge is -2.28. The predicted molar refractivity (Wildman–Crippen MR) is 115 cm³/mol. The third-order valence-corrected chi connectivity index (χ3v) is 6.17. The highest BCUT2D eigenvalue weighted by atomic mass is 15.1. The van der Waals surface area contributed by atoms with Crippen molar-refractivity contribution in [3.63, 3.8) is 0 Å². The Hall–Kier alpha value is -3.65. The van der Waals surface area contributed by atoms with Gasteiger partial charge in [0.2, 0.25) is 0 Å². The Bertz CT molecular complexity index is 1350. The summed E-state index contributed by atoms with van der Waals surface area (Å²) in [6, 6.07) is 25.6. The molecule has 6 rings (SSSR count). The lowest BCUT2D eigenvalue weighted by molar-refractivity contribution is 0.732. The molecule has 4 aromatic rings. The fourth-order valence-corrected chi connectivity index (χ4v) is 5.18. The summed E-state index contributed by atoms with van der Waals surface area (Å²) in [5.41, 5.74) is 8.88. The van der Waals surface area contributed by atoms with E-state index in [-0.39, 0.29) is 0 Å². The quantitative estimate of drug-likeness (QED) is 0.442. The molecule has 0 saturated carbocycles. The van der Waals surface area contributed by atoms with Gasteiger partial charge >= 0.3 is 0 Å². The first-order chi connectivity index (χ1) is 13.8. The average molecular weight is 358 g/mol. The highest BCUT2D eigenvalue weighted by Crippen LogP contribution is 2.59. The van der Waals surface area contributed by atoms with E-state index in [1.807, 2.05) is 18.2 Å². The van der Waals surface area contributed by atoms with Crippen LogP contribution in [0.2, 0.25) is 0 Å². The Kier molecular flexibility index (Phi) is 2.86. The Labute approximate surface area is 163 Å². The van der Waals surface area contributed by atoms with E-state index in [0.29, 0.717) is 0 Å². The van der Waals surface area contributed by atoms with E-state index < -0.39 is 5.41 Å². The fourth-order valence-electron chi connectivity index (χ4n) is 5.18. The summed E-state index contributed by atoms with van der Waals surface area (Å²) in [4.78, 5) is 5.16. The van der Waals surface area contributed by atoms with E-state index in [9.17, 15) is 0 Å². The predicted octanol–water partition coefficient (Wildman–Crippen LogP) is 5.81. The van der Waals surface area contributed by atoms with Crippen LogP contribution >= 0.6 is 0 Å². The van der Waals surface area contributed by atoms with Gasteiger partial charge in [-0.15, -0.1) is 0 Å². The fraction of sp³-hybridized carbons (Fsp3) is 0.0385. The number of imidazole rings is 1. The summed E-state index contributed by atoms with van der Waals surface area (Å²) in [7, 11) is 0. The summed E-state index contributed by atoms with van der Waals surface area (Å²) in [6.45, 7) is 8.32. The Morgan fingerprint density at radius 1 is 0.786 bits per heavy atom. The Balaban J connectivity index is 1.89. The van der Waals surface area contributed by atoms with Gasteiger partial charge in [-0.2, -0.15) is 0 Å². The number of allylic oxidation sites excluding steroid dienone is 4. The minimum atomic E-state index is -0.461. The van der Waals surface area contributed by atoms with Crippen LogP contribution in [0.3, 0.4) is 0 Å². The van der Waals surface area contributed by atoms with Crippen LogP contribution in [0.4, 0.5) is 0 Å². The zero-order chi connectivity index (χ0) is 18.9. The molecule has 1 atom stereocenters. The molecule has 0 N–H and O–H groups in total. The minimum absolute atomic E-state index is 0.461. The van der Waals surface area contributed by atoms with Crippen molar-refractivity contribution in [2.45, 2.75) is 5.41 Å². The summed E-state index contributed by atoms with van der Waals surface area (Å²) >= 11 is 0. The van der Waals surface area contributed by atoms with Crippen LogP contribution < -0.4 is 0 Å². The number of hydrogen-bond donors (Lipinski definition) is 0. The summed E-state index contributed by atoms with van der Waals surface area (Å²) < 4.78 is 2.32. The van der Waals surface area contributed by atoms with Gasteiger partial charge in [0.05, 0.1) is 16.7 Å². The molecule has 2 aliphatic rings. The number of hydrogen-bond acceptors (Lipinski definition) is 1. The molecule has 0 fully saturated rings. The molecule has 28 heavy (non-hydrogen) atoms. The van der Waals surface area contributed by atoms with Crippen LogP contribution in [0.25, 0.3) is 22.3 Å².